The molecule has 240 valence electrons. The molecule has 0 saturated carbocycles. The van der Waals surface area contributed by atoms with Crippen molar-refractivity contribution < 1.29 is 38.4 Å². The monoisotopic (exact) mass is 644 g/mol. The van der Waals surface area contributed by atoms with Crippen LogP contribution in [0.3, 0.4) is 0 Å². The Bertz CT molecular complexity index is 1800. The van der Waals surface area contributed by atoms with Crippen LogP contribution in [0.25, 0.3) is 16.0 Å². The van der Waals surface area contributed by atoms with E-state index in [2.05, 4.69) is 6.92 Å². The molecule has 0 bridgehead atoms. The van der Waals surface area contributed by atoms with E-state index < -0.39 is 17.7 Å². The largest absolute Gasteiger partial charge is 0.507 e. The van der Waals surface area contributed by atoms with Crippen LogP contribution < -0.4 is 28.6 Å². The van der Waals surface area contributed by atoms with Crippen molar-refractivity contribution in [3.8, 4) is 28.7 Å². The number of nitrogens with zero attached hydrogens (tertiary/aromatic N) is 2. The second kappa shape index (κ2) is 13.7. The number of ketones is 1. The lowest BCUT2D eigenvalue weighted by atomic mass is 9.95. The number of ether oxygens (including phenoxy) is 5. The van der Waals surface area contributed by atoms with Crippen molar-refractivity contribution in [1.82, 2.24) is 4.98 Å². The average molecular weight is 645 g/mol. The van der Waals surface area contributed by atoms with Gasteiger partial charge in [-0.05, 0) is 74.4 Å². The highest BCUT2D eigenvalue weighted by Gasteiger charge is 2.48. The second-order valence-electron chi connectivity index (χ2n) is 10.8. The van der Waals surface area contributed by atoms with Crippen molar-refractivity contribution >= 4 is 44.1 Å². The van der Waals surface area contributed by atoms with Gasteiger partial charge < -0.3 is 28.8 Å². The number of aliphatic hydroxyl groups excluding tert-OH is 1. The number of amides is 1. The molecule has 2 aliphatic heterocycles. The van der Waals surface area contributed by atoms with Crippen LogP contribution in [0.2, 0.25) is 0 Å². The van der Waals surface area contributed by atoms with Crippen LogP contribution in [-0.2, 0) is 9.59 Å². The smallest absolute Gasteiger partial charge is 0.301 e. The van der Waals surface area contributed by atoms with Crippen molar-refractivity contribution in [2.45, 2.75) is 46.1 Å². The SMILES string of the molecule is CCCCCOc1ccc([C@@H]2/C(=C(\O)c3ccc4c(c3)OCCO4)C(=O)C(=O)N2c2nc3ccc(OCC)cc3s2)cc1OCC. The minimum atomic E-state index is -1.01. The van der Waals surface area contributed by atoms with Gasteiger partial charge in [-0.25, -0.2) is 4.98 Å². The molecule has 1 N–H and O–H groups in total. The predicted octanol–water partition coefficient (Wildman–Crippen LogP) is 7.06. The highest BCUT2D eigenvalue weighted by molar-refractivity contribution is 7.22. The summed E-state index contributed by atoms with van der Waals surface area (Å²) < 4.78 is 29.8. The molecule has 1 atom stereocenters. The molecule has 4 aromatic rings. The van der Waals surface area contributed by atoms with E-state index in [4.69, 9.17) is 28.7 Å². The van der Waals surface area contributed by atoms with Gasteiger partial charge in [0.2, 0.25) is 0 Å². The Balaban J connectivity index is 1.48. The lowest BCUT2D eigenvalue weighted by molar-refractivity contribution is -0.132. The number of aliphatic hydroxyl groups is 1. The number of carbonyl (C=O) groups is 2. The maximum Gasteiger partial charge on any atom is 0.301 e. The van der Waals surface area contributed by atoms with Gasteiger partial charge >= 0.3 is 5.91 Å². The normalized spacial score (nSPS) is 17.0. The van der Waals surface area contributed by atoms with Crippen molar-refractivity contribution in [3.05, 3.63) is 71.3 Å². The molecular formula is C35H36N2O8S. The summed E-state index contributed by atoms with van der Waals surface area (Å²) in [4.78, 5) is 33.8. The Kier molecular flexibility index (Phi) is 9.30. The molecule has 0 radical (unpaired) electrons. The summed E-state index contributed by atoms with van der Waals surface area (Å²) in [5.41, 5.74) is 1.45. The number of hydrogen-bond donors (Lipinski definition) is 1. The molecular weight excluding hydrogens is 608 g/mol. The van der Waals surface area contributed by atoms with Gasteiger partial charge in [0, 0.05) is 5.56 Å². The third-order valence-corrected chi connectivity index (χ3v) is 8.73. The number of carbonyl (C=O) groups excluding carboxylic acids is 2. The molecule has 1 amide bonds. The van der Waals surface area contributed by atoms with E-state index in [0.717, 1.165) is 24.0 Å². The molecule has 11 heteroatoms. The first-order valence-electron chi connectivity index (χ1n) is 15.6. The maximum atomic E-state index is 13.9. The Morgan fingerprint density at radius 1 is 0.913 bits per heavy atom. The van der Waals surface area contributed by atoms with Crippen LogP contribution in [0.4, 0.5) is 5.13 Å². The fourth-order valence-corrected chi connectivity index (χ4v) is 6.58. The Hall–Kier alpha value is -4.77. The fourth-order valence-electron chi connectivity index (χ4n) is 5.56. The second-order valence-corrected chi connectivity index (χ2v) is 11.8. The van der Waals surface area contributed by atoms with E-state index in [1.165, 1.54) is 16.2 Å². The zero-order valence-corrected chi connectivity index (χ0v) is 26.9. The minimum Gasteiger partial charge on any atom is -0.507 e. The zero-order chi connectivity index (χ0) is 32.2. The van der Waals surface area contributed by atoms with Gasteiger partial charge in [0.25, 0.3) is 5.78 Å². The van der Waals surface area contributed by atoms with E-state index >= 15 is 0 Å². The molecule has 3 aromatic carbocycles. The summed E-state index contributed by atoms with van der Waals surface area (Å²) in [6, 6.07) is 14.7. The van der Waals surface area contributed by atoms with Gasteiger partial charge in [0.15, 0.2) is 28.1 Å². The summed E-state index contributed by atoms with van der Waals surface area (Å²) in [5, 5.41) is 12.0. The number of Topliss-reactive ketones (excluding diaryl/α,β-unsaturated/α-hetero) is 1. The Morgan fingerprint density at radius 2 is 1.72 bits per heavy atom. The molecule has 6 rings (SSSR count). The first kappa shape index (κ1) is 31.2. The standard InChI is InChI=1S/C35H36N2O8S/c1-4-7-8-15-43-25-13-9-21(18-27(25)42-6-3)31-30(32(38)22-10-14-26-28(19-22)45-17-16-44-26)33(39)34(40)37(31)35-36-24-12-11-23(41-5-2)20-29(24)46-35/h9-14,18-20,31,38H,4-8,15-17H2,1-3H3/b32-30+/t31-/m1/s1. The third kappa shape index (κ3) is 6.06. The molecule has 0 aliphatic carbocycles. The number of thiazole rings is 1. The summed E-state index contributed by atoms with van der Waals surface area (Å²) in [6.45, 7) is 8.10. The van der Waals surface area contributed by atoms with Crippen LogP contribution in [0.1, 0.15) is 57.2 Å². The summed E-state index contributed by atoms with van der Waals surface area (Å²) in [7, 11) is 0. The average Bonchev–Trinajstić information content (AvgIpc) is 3.60. The van der Waals surface area contributed by atoms with Gasteiger partial charge in [-0.1, -0.05) is 37.2 Å². The van der Waals surface area contributed by atoms with Crippen molar-refractivity contribution in [3.63, 3.8) is 0 Å². The van der Waals surface area contributed by atoms with Gasteiger partial charge in [-0.15, -0.1) is 0 Å². The van der Waals surface area contributed by atoms with E-state index in [1.807, 2.05) is 32.0 Å². The quantitative estimate of drug-likeness (QED) is 0.0749. The van der Waals surface area contributed by atoms with Crippen LogP contribution >= 0.6 is 11.3 Å². The molecule has 3 heterocycles. The van der Waals surface area contributed by atoms with Crippen LogP contribution in [0.5, 0.6) is 28.7 Å². The fraction of sp³-hybridized carbons (Fsp3) is 0.343. The number of benzene rings is 3. The highest BCUT2D eigenvalue weighted by Crippen LogP contribution is 2.47. The summed E-state index contributed by atoms with van der Waals surface area (Å²) in [6.07, 6.45) is 3.02. The first-order valence-corrected chi connectivity index (χ1v) is 16.4. The zero-order valence-electron chi connectivity index (χ0n) is 26.0. The van der Waals surface area contributed by atoms with Crippen LogP contribution in [0, 0.1) is 0 Å². The number of aromatic nitrogens is 1. The molecule has 46 heavy (non-hydrogen) atoms. The Morgan fingerprint density at radius 3 is 2.50 bits per heavy atom. The molecule has 1 aromatic heterocycles. The first-order chi connectivity index (χ1) is 22.4. The maximum absolute atomic E-state index is 13.9. The lowest BCUT2D eigenvalue weighted by Crippen LogP contribution is -2.29. The topological polar surface area (TPSA) is 117 Å². The molecule has 1 saturated heterocycles. The number of hydrogen-bond acceptors (Lipinski definition) is 10. The number of fused-ring (bicyclic) bond motifs is 2. The van der Waals surface area contributed by atoms with Gasteiger partial charge in [-0.3, -0.25) is 14.5 Å². The molecule has 10 nitrogen and oxygen atoms in total. The van der Waals surface area contributed by atoms with E-state index in [0.29, 0.717) is 83.6 Å². The molecule has 2 aliphatic rings. The minimum absolute atomic E-state index is 0.0741. The van der Waals surface area contributed by atoms with Gasteiger partial charge in [0.05, 0.1) is 41.7 Å². The number of unbranched alkanes of at least 4 members (excludes halogenated alkanes) is 2. The van der Waals surface area contributed by atoms with Crippen molar-refractivity contribution in [2.75, 3.05) is 37.9 Å². The van der Waals surface area contributed by atoms with E-state index in [9.17, 15) is 14.7 Å². The highest BCUT2D eigenvalue weighted by atomic mass is 32.1. The number of anilines is 1. The molecule has 1 fully saturated rings. The van der Waals surface area contributed by atoms with Crippen molar-refractivity contribution in [2.24, 2.45) is 0 Å². The van der Waals surface area contributed by atoms with Crippen LogP contribution in [0.15, 0.2) is 60.2 Å². The predicted molar refractivity (Wildman–Crippen MR) is 176 cm³/mol. The Labute approximate surface area is 271 Å². The molecule has 0 unspecified atom stereocenters. The van der Waals surface area contributed by atoms with Gasteiger partial charge in [-0.2, -0.15) is 0 Å². The van der Waals surface area contributed by atoms with Crippen molar-refractivity contribution in [1.29, 1.82) is 0 Å². The summed E-state index contributed by atoms with van der Waals surface area (Å²) in [5.74, 6) is 0.743. The van der Waals surface area contributed by atoms with Gasteiger partial charge in [0.1, 0.15) is 24.7 Å². The molecule has 0 spiro atoms. The lowest BCUT2D eigenvalue weighted by Gasteiger charge is -2.24. The van der Waals surface area contributed by atoms with Crippen LogP contribution in [-0.4, -0.2) is 54.8 Å². The third-order valence-electron chi connectivity index (χ3n) is 7.71. The summed E-state index contributed by atoms with van der Waals surface area (Å²) >= 11 is 1.27. The number of rotatable bonds is 12. The van der Waals surface area contributed by atoms with E-state index in [1.54, 1.807) is 36.4 Å². The van der Waals surface area contributed by atoms with E-state index in [-0.39, 0.29) is 11.3 Å².